The second kappa shape index (κ2) is 6.72. The zero-order valence-electron chi connectivity index (χ0n) is 13.5. The molecule has 0 amide bonds. The molecule has 0 fully saturated rings. The van der Waals surface area contributed by atoms with Crippen LogP contribution in [0.2, 0.25) is 0 Å². The van der Waals surface area contributed by atoms with Crippen LogP contribution in [0.15, 0.2) is 18.3 Å². The van der Waals surface area contributed by atoms with Gasteiger partial charge in [-0.25, -0.2) is 0 Å². The van der Waals surface area contributed by atoms with E-state index in [1.54, 1.807) is 13.3 Å². The van der Waals surface area contributed by atoms with Gasteiger partial charge in [-0.3, -0.25) is 9.67 Å². The summed E-state index contributed by atoms with van der Waals surface area (Å²) in [6.07, 6.45) is 2.81. The first kappa shape index (κ1) is 15.5. The molecule has 21 heavy (non-hydrogen) atoms. The summed E-state index contributed by atoms with van der Waals surface area (Å²) in [5.41, 5.74) is 4.26. The molecule has 1 N–H and O–H groups in total. The molecule has 0 aliphatic carbocycles. The SMILES string of the molecule is CCCn1ncc(OC)c1C(NC)c1ccc(C)nc1C. The van der Waals surface area contributed by atoms with Gasteiger partial charge in [0.05, 0.1) is 19.3 Å². The zero-order chi connectivity index (χ0) is 15.4. The second-order valence-electron chi connectivity index (χ2n) is 5.17. The summed E-state index contributed by atoms with van der Waals surface area (Å²) >= 11 is 0. The molecule has 0 aliphatic rings. The summed E-state index contributed by atoms with van der Waals surface area (Å²) in [6, 6.07) is 4.18. The smallest absolute Gasteiger partial charge is 0.161 e. The summed E-state index contributed by atoms with van der Waals surface area (Å²) < 4.78 is 7.51. The highest BCUT2D eigenvalue weighted by atomic mass is 16.5. The highest BCUT2D eigenvalue weighted by molar-refractivity contribution is 5.38. The van der Waals surface area contributed by atoms with Crippen LogP contribution in [-0.4, -0.2) is 28.9 Å². The van der Waals surface area contributed by atoms with Crippen molar-refractivity contribution in [2.45, 2.75) is 39.8 Å². The van der Waals surface area contributed by atoms with Crippen molar-refractivity contribution in [1.29, 1.82) is 0 Å². The first-order valence-electron chi connectivity index (χ1n) is 7.33. The van der Waals surface area contributed by atoms with Crippen molar-refractivity contribution in [3.63, 3.8) is 0 Å². The van der Waals surface area contributed by atoms with E-state index in [0.29, 0.717) is 0 Å². The Morgan fingerprint density at radius 1 is 1.33 bits per heavy atom. The minimum Gasteiger partial charge on any atom is -0.493 e. The zero-order valence-corrected chi connectivity index (χ0v) is 13.5. The molecule has 2 aromatic heterocycles. The van der Waals surface area contributed by atoms with Gasteiger partial charge in [-0.05, 0) is 38.9 Å². The maximum absolute atomic E-state index is 5.50. The molecule has 2 heterocycles. The van der Waals surface area contributed by atoms with E-state index in [1.165, 1.54) is 0 Å². The Hall–Kier alpha value is -1.88. The fraction of sp³-hybridized carbons (Fsp3) is 0.500. The third-order valence-electron chi connectivity index (χ3n) is 3.64. The van der Waals surface area contributed by atoms with Crippen molar-refractivity contribution < 1.29 is 4.74 Å². The van der Waals surface area contributed by atoms with Crippen molar-refractivity contribution >= 4 is 0 Å². The Bertz CT molecular complexity index is 606. The number of aromatic nitrogens is 3. The van der Waals surface area contributed by atoms with Crippen LogP contribution < -0.4 is 10.1 Å². The van der Waals surface area contributed by atoms with Gasteiger partial charge in [0.2, 0.25) is 0 Å². The van der Waals surface area contributed by atoms with Crippen molar-refractivity contribution in [1.82, 2.24) is 20.1 Å². The molecular weight excluding hydrogens is 264 g/mol. The van der Waals surface area contributed by atoms with E-state index in [1.807, 2.05) is 31.6 Å². The highest BCUT2D eigenvalue weighted by Gasteiger charge is 2.23. The number of methoxy groups -OCH3 is 1. The number of hydrogen-bond acceptors (Lipinski definition) is 4. The molecule has 5 nitrogen and oxygen atoms in total. The Balaban J connectivity index is 2.52. The Labute approximate surface area is 126 Å². The standard InChI is InChI=1S/C16H24N4O/c1-6-9-20-16(14(21-5)10-18-20)15(17-4)13-8-7-11(2)19-12(13)3/h7-8,10,15,17H,6,9H2,1-5H3. The number of hydrogen-bond donors (Lipinski definition) is 1. The molecule has 0 spiro atoms. The Morgan fingerprint density at radius 2 is 2.10 bits per heavy atom. The van der Waals surface area contributed by atoms with Crippen LogP contribution in [0.3, 0.4) is 0 Å². The molecule has 1 atom stereocenters. The van der Waals surface area contributed by atoms with E-state index in [4.69, 9.17) is 4.74 Å². The molecule has 5 heteroatoms. The number of nitrogens with zero attached hydrogens (tertiary/aromatic N) is 3. The summed E-state index contributed by atoms with van der Waals surface area (Å²) in [7, 11) is 3.64. The van der Waals surface area contributed by atoms with Gasteiger partial charge in [-0.2, -0.15) is 5.10 Å². The second-order valence-corrected chi connectivity index (χ2v) is 5.17. The first-order valence-corrected chi connectivity index (χ1v) is 7.33. The van der Waals surface area contributed by atoms with Gasteiger partial charge in [0.1, 0.15) is 5.69 Å². The van der Waals surface area contributed by atoms with Crippen LogP contribution in [0.4, 0.5) is 0 Å². The lowest BCUT2D eigenvalue weighted by Gasteiger charge is -2.21. The van der Waals surface area contributed by atoms with Gasteiger partial charge in [-0.1, -0.05) is 13.0 Å². The normalized spacial score (nSPS) is 12.4. The molecule has 2 aromatic rings. The molecule has 114 valence electrons. The lowest BCUT2D eigenvalue weighted by Crippen LogP contribution is -2.23. The molecule has 0 aromatic carbocycles. The Morgan fingerprint density at radius 3 is 2.67 bits per heavy atom. The minimum atomic E-state index is 0.0158. The Kier molecular flexibility index (Phi) is 4.96. The van der Waals surface area contributed by atoms with E-state index in [9.17, 15) is 0 Å². The topological polar surface area (TPSA) is 52.0 Å². The van der Waals surface area contributed by atoms with E-state index in [-0.39, 0.29) is 6.04 Å². The van der Waals surface area contributed by atoms with Crippen molar-refractivity contribution in [3.8, 4) is 5.75 Å². The lowest BCUT2D eigenvalue weighted by molar-refractivity contribution is 0.400. The molecule has 0 saturated heterocycles. The van der Waals surface area contributed by atoms with Gasteiger partial charge in [0, 0.05) is 17.9 Å². The molecule has 0 aliphatic heterocycles. The molecule has 0 radical (unpaired) electrons. The maximum atomic E-state index is 5.50. The van der Waals surface area contributed by atoms with Crippen LogP contribution >= 0.6 is 0 Å². The van der Waals surface area contributed by atoms with Gasteiger partial charge in [-0.15, -0.1) is 0 Å². The average Bonchev–Trinajstić information content (AvgIpc) is 2.85. The fourth-order valence-electron chi connectivity index (χ4n) is 2.66. The van der Waals surface area contributed by atoms with Gasteiger partial charge < -0.3 is 10.1 Å². The summed E-state index contributed by atoms with van der Waals surface area (Å²) in [5, 5.41) is 7.82. The molecule has 2 rings (SSSR count). The number of ether oxygens (including phenoxy) is 1. The van der Waals surface area contributed by atoms with E-state index in [0.717, 1.165) is 41.4 Å². The first-order chi connectivity index (χ1) is 10.1. The van der Waals surface area contributed by atoms with Crippen molar-refractivity contribution in [2.75, 3.05) is 14.2 Å². The summed E-state index contributed by atoms with van der Waals surface area (Å²) in [4.78, 5) is 4.57. The van der Waals surface area contributed by atoms with E-state index < -0.39 is 0 Å². The van der Waals surface area contributed by atoms with Crippen LogP contribution in [0.1, 0.15) is 42.0 Å². The number of pyridine rings is 1. The third-order valence-corrected chi connectivity index (χ3v) is 3.64. The summed E-state index contributed by atoms with van der Waals surface area (Å²) in [6.45, 7) is 7.06. The molecule has 0 bridgehead atoms. The number of aryl methyl sites for hydroxylation is 3. The highest BCUT2D eigenvalue weighted by Crippen LogP contribution is 2.31. The van der Waals surface area contributed by atoms with Crippen LogP contribution in [0.5, 0.6) is 5.75 Å². The number of nitrogens with one attached hydrogen (secondary N) is 1. The van der Waals surface area contributed by atoms with Gasteiger partial charge in [0.15, 0.2) is 5.75 Å². The van der Waals surface area contributed by atoms with Crippen molar-refractivity contribution in [3.05, 3.63) is 41.0 Å². The van der Waals surface area contributed by atoms with Gasteiger partial charge >= 0.3 is 0 Å². The average molecular weight is 288 g/mol. The van der Waals surface area contributed by atoms with Gasteiger partial charge in [0.25, 0.3) is 0 Å². The maximum Gasteiger partial charge on any atom is 0.161 e. The van der Waals surface area contributed by atoms with Crippen molar-refractivity contribution in [2.24, 2.45) is 0 Å². The lowest BCUT2D eigenvalue weighted by atomic mass is 10.0. The minimum absolute atomic E-state index is 0.0158. The molecule has 1 unspecified atom stereocenters. The predicted molar refractivity (Wildman–Crippen MR) is 83.7 cm³/mol. The number of rotatable bonds is 6. The summed E-state index contributed by atoms with van der Waals surface area (Å²) in [5.74, 6) is 0.808. The van der Waals surface area contributed by atoms with E-state index in [2.05, 4.69) is 28.4 Å². The quantitative estimate of drug-likeness (QED) is 0.888. The van der Waals surface area contributed by atoms with Crippen LogP contribution in [-0.2, 0) is 6.54 Å². The molecule has 0 saturated carbocycles. The van der Waals surface area contributed by atoms with Crippen LogP contribution in [0.25, 0.3) is 0 Å². The largest absolute Gasteiger partial charge is 0.493 e. The molecular formula is C16H24N4O. The predicted octanol–water partition coefficient (Wildman–Crippen LogP) is 2.62. The monoisotopic (exact) mass is 288 g/mol. The third kappa shape index (κ3) is 3.08. The van der Waals surface area contributed by atoms with E-state index >= 15 is 0 Å². The fourth-order valence-corrected chi connectivity index (χ4v) is 2.66. The van der Waals surface area contributed by atoms with Crippen LogP contribution in [0, 0.1) is 13.8 Å².